The monoisotopic (exact) mass is 214 g/mol. The summed E-state index contributed by atoms with van der Waals surface area (Å²) in [6.45, 7) is 6.97. The number of benzene rings is 1. The first-order valence-corrected chi connectivity index (χ1v) is 5.47. The topological polar surface area (TPSA) is 0 Å². The molecule has 1 rings (SSSR count). The molecule has 0 nitrogen and oxygen atoms in total. The SMILES string of the molecule is CC.CCc1cccc(CC(C)(F)F)c1. The molecule has 0 radical (unpaired) electrons. The zero-order chi connectivity index (χ0) is 11.9. The summed E-state index contributed by atoms with van der Waals surface area (Å²) in [5.74, 6) is -2.60. The summed E-state index contributed by atoms with van der Waals surface area (Å²) in [6, 6.07) is 7.38. The Balaban J connectivity index is 0.000000921. The van der Waals surface area contributed by atoms with Crippen LogP contribution in [0, 0.1) is 0 Å². The maximum absolute atomic E-state index is 12.6. The number of hydrogen-bond donors (Lipinski definition) is 0. The van der Waals surface area contributed by atoms with Crippen LogP contribution in [0.1, 0.15) is 38.8 Å². The van der Waals surface area contributed by atoms with Gasteiger partial charge in [-0.25, -0.2) is 8.78 Å². The number of alkyl halides is 2. The second-order valence-corrected chi connectivity index (χ2v) is 3.42. The van der Waals surface area contributed by atoms with Gasteiger partial charge in [0.05, 0.1) is 0 Å². The zero-order valence-electron chi connectivity index (χ0n) is 9.98. The number of aryl methyl sites for hydroxylation is 1. The first kappa shape index (κ1) is 14.1. The van der Waals surface area contributed by atoms with Gasteiger partial charge >= 0.3 is 0 Å². The lowest BCUT2D eigenvalue weighted by atomic mass is 10.0. The molecule has 0 atom stereocenters. The van der Waals surface area contributed by atoms with Gasteiger partial charge in [0, 0.05) is 6.42 Å². The zero-order valence-corrected chi connectivity index (χ0v) is 9.98. The molecule has 1 aromatic carbocycles. The molecule has 1 aromatic rings. The van der Waals surface area contributed by atoms with Crippen LogP contribution in [-0.4, -0.2) is 5.92 Å². The fraction of sp³-hybridized carbons (Fsp3) is 0.538. The van der Waals surface area contributed by atoms with Crippen LogP contribution in [0.2, 0.25) is 0 Å². The third-order valence-corrected chi connectivity index (χ3v) is 1.91. The summed E-state index contributed by atoms with van der Waals surface area (Å²) in [4.78, 5) is 0. The number of rotatable bonds is 3. The van der Waals surface area contributed by atoms with E-state index in [1.807, 2.05) is 39.0 Å². The summed E-state index contributed by atoms with van der Waals surface area (Å²) in [6.07, 6.45) is 0.726. The van der Waals surface area contributed by atoms with Crippen LogP contribution in [-0.2, 0) is 12.8 Å². The number of hydrogen-bond acceptors (Lipinski definition) is 0. The standard InChI is InChI=1S/C11H14F2.C2H6/c1-3-9-5-4-6-10(7-9)8-11(2,12)13;1-2/h4-7H,3,8H2,1-2H3;1-2H3. The van der Waals surface area contributed by atoms with Gasteiger partial charge in [-0.05, 0) is 24.5 Å². The summed E-state index contributed by atoms with van der Waals surface area (Å²) in [5.41, 5.74) is 1.83. The minimum Gasteiger partial charge on any atom is -0.207 e. The van der Waals surface area contributed by atoms with Crippen LogP contribution in [0.5, 0.6) is 0 Å². The molecular weight excluding hydrogens is 194 g/mol. The Bertz CT molecular complexity index is 274. The van der Waals surface area contributed by atoms with Crippen LogP contribution < -0.4 is 0 Å². The van der Waals surface area contributed by atoms with Crippen molar-refractivity contribution in [1.82, 2.24) is 0 Å². The van der Waals surface area contributed by atoms with Crippen molar-refractivity contribution in [3.63, 3.8) is 0 Å². The normalized spacial score (nSPS) is 10.5. The predicted octanol–water partition coefficient (Wildman–Crippen LogP) is 4.47. The van der Waals surface area contributed by atoms with Crippen LogP contribution in [0.3, 0.4) is 0 Å². The summed E-state index contributed by atoms with van der Waals surface area (Å²) in [7, 11) is 0. The second kappa shape index (κ2) is 6.54. The van der Waals surface area contributed by atoms with E-state index >= 15 is 0 Å². The fourth-order valence-electron chi connectivity index (χ4n) is 1.32. The van der Waals surface area contributed by atoms with E-state index in [2.05, 4.69) is 0 Å². The predicted molar refractivity (Wildman–Crippen MR) is 61.5 cm³/mol. The minimum atomic E-state index is -2.60. The molecule has 0 aromatic heterocycles. The van der Waals surface area contributed by atoms with E-state index in [4.69, 9.17) is 0 Å². The van der Waals surface area contributed by atoms with Crippen LogP contribution in [0.15, 0.2) is 24.3 Å². The highest BCUT2D eigenvalue weighted by Crippen LogP contribution is 2.19. The van der Waals surface area contributed by atoms with Crippen LogP contribution >= 0.6 is 0 Å². The molecule has 0 spiro atoms. The van der Waals surface area contributed by atoms with Crippen LogP contribution in [0.25, 0.3) is 0 Å². The molecule has 0 saturated heterocycles. The van der Waals surface area contributed by atoms with Crippen molar-refractivity contribution < 1.29 is 8.78 Å². The molecule has 0 N–H and O–H groups in total. The lowest BCUT2D eigenvalue weighted by molar-refractivity contribution is 0.0226. The Hall–Kier alpha value is -0.920. The first-order valence-electron chi connectivity index (χ1n) is 5.47. The molecule has 0 bridgehead atoms. The van der Waals surface area contributed by atoms with Crippen LogP contribution in [0.4, 0.5) is 8.78 Å². The average molecular weight is 214 g/mol. The lowest BCUT2D eigenvalue weighted by Gasteiger charge is -2.10. The van der Waals surface area contributed by atoms with Crippen molar-refractivity contribution in [3.05, 3.63) is 35.4 Å². The molecule has 0 unspecified atom stereocenters. The maximum Gasteiger partial charge on any atom is 0.249 e. The van der Waals surface area contributed by atoms with Crippen molar-refractivity contribution in [1.29, 1.82) is 0 Å². The first-order chi connectivity index (χ1) is 7.01. The molecule has 86 valence electrons. The molecule has 0 fully saturated rings. The highest BCUT2D eigenvalue weighted by Gasteiger charge is 2.21. The van der Waals surface area contributed by atoms with E-state index in [1.54, 1.807) is 6.07 Å². The molecule has 0 aliphatic rings. The third-order valence-electron chi connectivity index (χ3n) is 1.91. The highest BCUT2D eigenvalue weighted by molar-refractivity contribution is 5.24. The van der Waals surface area contributed by atoms with E-state index in [0.29, 0.717) is 5.56 Å². The van der Waals surface area contributed by atoms with E-state index < -0.39 is 5.92 Å². The minimum absolute atomic E-state index is 0.166. The summed E-state index contributed by atoms with van der Waals surface area (Å²) in [5, 5.41) is 0. The Morgan fingerprint density at radius 2 is 1.67 bits per heavy atom. The Labute approximate surface area is 91.3 Å². The van der Waals surface area contributed by atoms with Crippen molar-refractivity contribution in [2.45, 2.75) is 46.5 Å². The van der Waals surface area contributed by atoms with Gasteiger partial charge in [0.15, 0.2) is 0 Å². The van der Waals surface area contributed by atoms with Crippen molar-refractivity contribution in [2.75, 3.05) is 0 Å². The van der Waals surface area contributed by atoms with Crippen molar-refractivity contribution in [2.24, 2.45) is 0 Å². The summed E-state index contributed by atoms with van der Waals surface area (Å²) < 4.78 is 25.3. The van der Waals surface area contributed by atoms with Gasteiger partial charge in [0.25, 0.3) is 0 Å². The van der Waals surface area contributed by atoms with Gasteiger partial charge in [0.2, 0.25) is 5.92 Å². The van der Waals surface area contributed by atoms with Crippen molar-refractivity contribution >= 4 is 0 Å². The van der Waals surface area contributed by atoms with Gasteiger partial charge < -0.3 is 0 Å². The molecule has 2 heteroatoms. The molecular formula is C13H20F2. The van der Waals surface area contributed by atoms with E-state index in [-0.39, 0.29) is 6.42 Å². The van der Waals surface area contributed by atoms with Gasteiger partial charge in [-0.15, -0.1) is 0 Å². The maximum atomic E-state index is 12.6. The molecule has 0 heterocycles. The van der Waals surface area contributed by atoms with E-state index in [1.165, 1.54) is 0 Å². The molecule has 15 heavy (non-hydrogen) atoms. The fourth-order valence-corrected chi connectivity index (χ4v) is 1.32. The Kier molecular flexibility index (Phi) is 6.14. The molecule has 0 aliphatic carbocycles. The van der Waals surface area contributed by atoms with Gasteiger partial charge in [-0.1, -0.05) is 45.0 Å². The van der Waals surface area contributed by atoms with Gasteiger partial charge in [0.1, 0.15) is 0 Å². The highest BCUT2D eigenvalue weighted by atomic mass is 19.3. The van der Waals surface area contributed by atoms with E-state index in [9.17, 15) is 8.78 Å². The Morgan fingerprint density at radius 3 is 2.13 bits per heavy atom. The molecule has 0 aliphatic heterocycles. The van der Waals surface area contributed by atoms with Crippen molar-refractivity contribution in [3.8, 4) is 0 Å². The van der Waals surface area contributed by atoms with Gasteiger partial charge in [-0.2, -0.15) is 0 Å². The number of halogens is 2. The lowest BCUT2D eigenvalue weighted by Crippen LogP contribution is -2.13. The Morgan fingerprint density at radius 1 is 1.13 bits per heavy atom. The second-order valence-electron chi connectivity index (χ2n) is 3.42. The molecule has 0 saturated carbocycles. The van der Waals surface area contributed by atoms with Gasteiger partial charge in [-0.3, -0.25) is 0 Å². The quantitative estimate of drug-likeness (QED) is 0.696. The summed E-state index contributed by atoms with van der Waals surface area (Å²) >= 11 is 0. The van der Waals surface area contributed by atoms with E-state index in [0.717, 1.165) is 18.9 Å². The largest absolute Gasteiger partial charge is 0.249 e. The average Bonchev–Trinajstić information content (AvgIpc) is 2.19. The third kappa shape index (κ3) is 6.21. The smallest absolute Gasteiger partial charge is 0.207 e. The molecule has 0 amide bonds.